The zero-order chi connectivity index (χ0) is 16.2. The Bertz CT molecular complexity index is 671. The molecule has 0 aromatic carbocycles. The molecule has 5 nitrogen and oxygen atoms in total. The Morgan fingerprint density at radius 2 is 2.39 bits per heavy atom. The molecule has 0 radical (unpaired) electrons. The summed E-state index contributed by atoms with van der Waals surface area (Å²) in [6, 6.07) is 4.00. The molecule has 1 atom stereocenters. The van der Waals surface area contributed by atoms with Gasteiger partial charge in [-0.2, -0.15) is 0 Å². The molecule has 0 saturated carbocycles. The molecule has 1 aliphatic rings. The van der Waals surface area contributed by atoms with Crippen molar-refractivity contribution in [2.45, 2.75) is 39.3 Å². The molecule has 3 heterocycles. The van der Waals surface area contributed by atoms with Crippen LogP contribution in [-0.4, -0.2) is 39.9 Å². The van der Waals surface area contributed by atoms with Gasteiger partial charge in [-0.25, -0.2) is 9.97 Å². The SMILES string of the molecule is Cc1ncc2c(n1)CN([C@H](C)C(=O)NCCc1cccs1)CC2. The topological polar surface area (TPSA) is 58.1 Å². The number of amides is 1. The molecule has 0 spiro atoms. The number of nitrogens with zero attached hydrogens (tertiary/aromatic N) is 3. The van der Waals surface area contributed by atoms with Gasteiger partial charge in [0.05, 0.1) is 11.7 Å². The molecular formula is C17H22N4OS. The first-order valence-corrected chi connectivity index (χ1v) is 8.87. The summed E-state index contributed by atoms with van der Waals surface area (Å²) < 4.78 is 0. The lowest BCUT2D eigenvalue weighted by Gasteiger charge is -2.32. The Labute approximate surface area is 140 Å². The zero-order valence-corrected chi connectivity index (χ0v) is 14.4. The fourth-order valence-corrected chi connectivity index (χ4v) is 3.54. The van der Waals surface area contributed by atoms with Gasteiger partial charge in [-0.3, -0.25) is 9.69 Å². The van der Waals surface area contributed by atoms with Crippen molar-refractivity contribution in [2.75, 3.05) is 13.1 Å². The Kier molecular flexibility index (Phi) is 5.03. The van der Waals surface area contributed by atoms with E-state index in [-0.39, 0.29) is 11.9 Å². The predicted molar refractivity (Wildman–Crippen MR) is 91.4 cm³/mol. The molecule has 23 heavy (non-hydrogen) atoms. The van der Waals surface area contributed by atoms with Crippen LogP contribution in [0.25, 0.3) is 0 Å². The number of nitrogens with one attached hydrogen (secondary N) is 1. The van der Waals surface area contributed by atoms with Gasteiger partial charge in [-0.1, -0.05) is 6.07 Å². The van der Waals surface area contributed by atoms with Crippen LogP contribution in [0.15, 0.2) is 23.7 Å². The zero-order valence-electron chi connectivity index (χ0n) is 13.6. The Morgan fingerprint density at radius 1 is 1.52 bits per heavy atom. The van der Waals surface area contributed by atoms with Crippen molar-refractivity contribution >= 4 is 17.2 Å². The van der Waals surface area contributed by atoms with Crippen LogP contribution in [-0.2, 0) is 24.2 Å². The van der Waals surface area contributed by atoms with Crippen LogP contribution in [0.4, 0.5) is 0 Å². The minimum atomic E-state index is -0.137. The van der Waals surface area contributed by atoms with Crippen LogP contribution in [0, 0.1) is 6.92 Å². The first-order valence-electron chi connectivity index (χ1n) is 7.99. The maximum Gasteiger partial charge on any atom is 0.237 e. The number of thiophene rings is 1. The Morgan fingerprint density at radius 3 is 3.17 bits per heavy atom. The largest absolute Gasteiger partial charge is 0.354 e. The first kappa shape index (κ1) is 16.1. The van der Waals surface area contributed by atoms with Crippen molar-refractivity contribution in [3.8, 4) is 0 Å². The standard InChI is InChI=1S/C17H22N4OS/c1-12(17(22)18-7-5-15-4-3-9-23-15)21-8-6-14-10-19-13(2)20-16(14)11-21/h3-4,9-10,12H,5-8,11H2,1-2H3,(H,18,22)/t12-/m1/s1. The third-order valence-electron chi connectivity index (χ3n) is 4.27. The van der Waals surface area contributed by atoms with Crippen molar-refractivity contribution in [1.82, 2.24) is 20.2 Å². The van der Waals surface area contributed by atoms with Crippen molar-refractivity contribution in [2.24, 2.45) is 0 Å². The van der Waals surface area contributed by atoms with E-state index < -0.39 is 0 Å². The highest BCUT2D eigenvalue weighted by Gasteiger charge is 2.26. The normalized spacial score (nSPS) is 15.9. The summed E-state index contributed by atoms with van der Waals surface area (Å²) in [6.07, 6.45) is 3.72. The molecule has 0 fully saturated rings. The van der Waals surface area contributed by atoms with Gasteiger partial charge in [0.25, 0.3) is 0 Å². The maximum atomic E-state index is 12.4. The molecule has 0 bridgehead atoms. The van der Waals surface area contributed by atoms with E-state index in [1.54, 1.807) is 11.3 Å². The number of rotatable bonds is 5. The Balaban J connectivity index is 1.53. The van der Waals surface area contributed by atoms with E-state index >= 15 is 0 Å². The van der Waals surface area contributed by atoms with Gasteiger partial charge < -0.3 is 5.32 Å². The lowest BCUT2D eigenvalue weighted by atomic mass is 10.0. The van der Waals surface area contributed by atoms with Crippen LogP contribution >= 0.6 is 11.3 Å². The monoisotopic (exact) mass is 330 g/mol. The van der Waals surface area contributed by atoms with Gasteiger partial charge in [-0.05, 0) is 43.7 Å². The summed E-state index contributed by atoms with van der Waals surface area (Å²) in [5.41, 5.74) is 2.26. The summed E-state index contributed by atoms with van der Waals surface area (Å²) in [7, 11) is 0. The van der Waals surface area contributed by atoms with Gasteiger partial charge in [0.2, 0.25) is 5.91 Å². The lowest BCUT2D eigenvalue weighted by molar-refractivity contribution is -0.126. The average Bonchev–Trinajstić information content (AvgIpc) is 3.06. The van der Waals surface area contributed by atoms with E-state index in [1.807, 2.05) is 26.1 Å². The number of hydrogen-bond acceptors (Lipinski definition) is 5. The van der Waals surface area contributed by atoms with Crippen LogP contribution < -0.4 is 5.32 Å². The highest BCUT2D eigenvalue weighted by molar-refractivity contribution is 7.09. The minimum Gasteiger partial charge on any atom is -0.354 e. The van der Waals surface area contributed by atoms with Crippen molar-refractivity contribution in [3.05, 3.63) is 45.7 Å². The number of aryl methyl sites for hydroxylation is 1. The molecule has 0 unspecified atom stereocenters. The Hall–Kier alpha value is -1.79. The molecule has 6 heteroatoms. The lowest BCUT2D eigenvalue weighted by Crippen LogP contribution is -2.47. The van der Waals surface area contributed by atoms with Crippen molar-refractivity contribution in [1.29, 1.82) is 0 Å². The van der Waals surface area contributed by atoms with Gasteiger partial charge in [-0.15, -0.1) is 11.3 Å². The van der Waals surface area contributed by atoms with E-state index in [0.717, 1.165) is 37.4 Å². The summed E-state index contributed by atoms with van der Waals surface area (Å²) in [5, 5.41) is 5.11. The molecule has 122 valence electrons. The number of fused-ring (bicyclic) bond motifs is 1. The molecule has 2 aromatic heterocycles. The van der Waals surface area contributed by atoms with E-state index in [0.29, 0.717) is 6.54 Å². The predicted octanol–water partition coefficient (Wildman–Crippen LogP) is 1.95. The van der Waals surface area contributed by atoms with Crippen LogP contribution in [0.3, 0.4) is 0 Å². The molecule has 1 aliphatic heterocycles. The molecule has 3 rings (SSSR count). The summed E-state index contributed by atoms with van der Waals surface area (Å²) >= 11 is 1.73. The summed E-state index contributed by atoms with van der Waals surface area (Å²) in [4.78, 5) is 24.6. The molecule has 0 aliphatic carbocycles. The minimum absolute atomic E-state index is 0.0933. The second-order valence-electron chi connectivity index (χ2n) is 5.91. The van der Waals surface area contributed by atoms with Gasteiger partial charge >= 0.3 is 0 Å². The fraction of sp³-hybridized carbons (Fsp3) is 0.471. The first-order chi connectivity index (χ1) is 11.1. The third kappa shape index (κ3) is 3.95. The third-order valence-corrected chi connectivity index (χ3v) is 5.21. The fourth-order valence-electron chi connectivity index (χ4n) is 2.83. The second-order valence-corrected chi connectivity index (χ2v) is 6.94. The smallest absolute Gasteiger partial charge is 0.237 e. The molecular weight excluding hydrogens is 308 g/mol. The number of carbonyl (C=O) groups is 1. The number of carbonyl (C=O) groups excluding carboxylic acids is 1. The van der Waals surface area contributed by atoms with Crippen LogP contribution in [0.2, 0.25) is 0 Å². The van der Waals surface area contributed by atoms with Gasteiger partial charge in [0.1, 0.15) is 5.82 Å². The maximum absolute atomic E-state index is 12.4. The quantitative estimate of drug-likeness (QED) is 0.910. The van der Waals surface area contributed by atoms with Crippen LogP contribution in [0.5, 0.6) is 0 Å². The molecule has 0 saturated heterocycles. The van der Waals surface area contributed by atoms with E-state index in [2.05, 4.69) is 31.6 Å². The van der Waals surface area contributed by atoms with Crippen molar-refractivity contribution in [3.63, 3.8) is 0 Å². The van der Waals surface area contributed by atoms with Gasteiger partial charge in [0.15, 0.2) is 0 Å². The molecule has 1 amide bonds. The summed E-state index contributed by atoms with van der Waals surface area (Å²) in [6.45, 7) is 6.16. The van der Waals surface area contributed by atoms with Crippen LogP contribution in [0.1, 0.15) is 28.9 Å². The van der Waals surface area contributed by atoms with Crippen molar-refractivity contribution < 1.29 is 4.79 Å². The number of hydrogen-bond donors (Lipinski definition) is 1. The highest BCUT2D eigenvalue weighted by atomic mass is 32.1. The summed E-state index contributed by atoms with van der Waals surface area (Å²) in [5.74, 6) is 0.884. The van der Waals surface area contributed by atoms with E-state index in [9.17, 15) is 4.79 Å². The van der Waals surface area contributed by atoms with E-state index in [4.69, 9.17) is 0 Å². The number of aromatic nitrogens is 2. The van der Waals surface area contributed by atoms with Gasteiger partial charge in [0, 0.05) is 30.7 Å². The highest BCUT2D eigenvalue weighted by Crippen LogP contribution is 2.18. The van der Waals surface area contributed by atoms with E-state index in [1.165, 1.54) is 10.4 Å². The molecule has 1 N–H and O–H groups in total. The molecule has 2 aromatic rings. The second kappa shape index (κ2) is 7.19. The average molecular weight is 330 g/mol.